The summed E-state index contributed by atoms with van der Waals surface area (Å²) >= 11 is 0. The number of methoxy groups -OCH3 is 1. The van der Waals surface area contributed by atoms with E-state index < -0.39 is 6.43 Å². The molecular formula is C27H21F2N3O. The van der Waals surface area contributed by atoms with E-state index in [1.807, 2.05) is 66.7 Å². The van der Waals surface area contributed by atoms with Gasteiger partial charge >= 0.3 is 0 Å². The number of alkyl halides is 2. The highest BCUT2D eigenvalue weighted by Gasteiger charge is 2.33. The molecule has 2 heterocycles. The average Bonchev–Trinajstić information content (AvgIpc) is 3.63. The first-order valence-electron chi connectivity index (χ1n) is 11.0. The van der Waals surface area contributed by atoms with Crippen LogP contribution < -0.4 is 4.74 Å². The lowest BCUT2D eigenvalue weighted by Crippen LogP contribution is -2.00. The average molecular weight is 441 g/mol. The van der Waals surface area contributed by atoms with Crippen molar-refractivity contribution < 1.29 is 13.5 Å². The van der Waals surface area contributed by atoms with Gasteiger partial charge in [0, 0.05) is 17.0 Å². The number of fused-ring (bicyclic) bond motifs is 2. The smallest absolute Gasteiger partial charge is 0.264 e. The number of pyridine rings is 1. The fraction of sp³-hybridized carbons (Fsp3) is 0.185. The van der Waals surface area contributed by atoms with Crippen LogP contribution in [0.5, 0.6) is 5.75 Å². The zero-order valence-corrected chi connectivity index (χ0v) is 18.0. The van der Waals surface area contributed by atoms with Crippen LogP contribution >= 0.6 is 0 Å². The summed E-state index contributed by atoms with van der Waals surface area (Å²) in [5.41, 5.74) is 3.27. The van der Waals surface area contributed by atoms with Crippen LogP contribution in [0.15, 0.2) is 72.8 Å². The first-order valence-corrected chi connectivity index (χ1v) is 11.0. The summed E-state index contributed by atoms with van der Waals surface area (Å²) in [4.78, 5) is 4.92. The molecule has 0 spiro atoms. The number of nitrogens with zero attached hydrogens (tertiary/aromatic N) is 3. The number of halogens is 2. The normalized spacial score (nSPS) is 13.8. The number of aromatic nitrogens is 3. The van der Waals surface area contributed by atoms with Crippen LogP contribution in [-0.2, 0) is 0 Å². The predicted molar refractivity (Wildman–Crippen MR) is 125 cm³/mol. The van der Waals surface area contributed by atoms with E-state index in [2.05, 4.69) is 0 Å². The molecule has 0 radical (unpaired) electrons. The molecule has 5 aromatic rings. The van der Waals surface area contributed by atoms with E-state index in [9.17, 15) is 8.78 Å². The lowest BCUT2D eigenvalue weighted by atomic mass is 9.99. The van der Waals surface area contributed by atoms with Crippen LogP contribution in [0.3, 0.4) is 0 Å². The SMILES string of the molecule is COc1ccc(-n2nc(C3CC3)c3c(C(F)F)cc(-c4cccc5ccccc45)nc32)cc1. The molecule has 1 aliphatic rings. The molecule has 6 rings (SSSR count). The van der Waals surface area contributed by atoms with E-state index in [0.29, 0.717) is 22.4 Å². The van der Waals surface area contributed by atoms with Crippen LogP contribution in [0.1, 0.15) is 36.4 Å². The lowest BCUT2D eigenvalue weighted by Gasteiger charge is -2.11. The number of hydrogen-bond donors (Lipinski definition) is 0. The molecule has 6 heteroatoms. The van der Waals surface area contributed by atoms with Crippen molar-refractivity contribution in [3.63, 3.8) is 0 Å². The maximum Gasteiger partial charge on any atom is 0.264 e. The van der Waals surface area contributed by atoms with Crippen molar-refractivity contribution in [2.45, 2.75) is 25.2 Å². The molecule has 0 aliphatic heterocycles. The molecule has 0 unspecified atom stereocenters. The van der Waals surface area contributed by atoms with E-state index >= 15 is 0 Å². The molecule has 164 valence electrons. The summed E-state index contributed by atoms with van der Waals surface area (Å²) in [6.07, 6.45) is -0.708. The van der Waals surface area contributed by atoms with Crippen LogP contribution in [0.25, 0.3) is 38.8 Å². The van der Waals surface area contributed by atoms with Gasteiger partial charge in [-0.15, -0.1) is 0 Å². The van der Waals surface area contributed by atoms with Crippen LogP contribution in [-0.4, -0.2) is 21.9 Å². The minimum absolute atomic E-state index is 0.00963. The van der Waals surface area contributed by atoms with E-state index in [1.54, 1.807) is 17.9 Å². The van der Waals surface area contributed by atoms with Crippen molar-refractivity contribution in [1.82, 2.24) is 14.8 Å². The quantitative estimate of drug-likeness (QED) is 0.293. The van der Waals surface area contributed by atoms with Gasteiger partial charge in [0.05, 0.1) is 29.6 Å². The zero-order chi connectivity index (χ0) is 22.5. The Morgan fingerprint density at radius 1 is 0.970 bits per heavy atom. The van der Waals surface area contributed by atoms with Gasteiger partial charge in [-0.1, -0.05) is 42.5 Å². The number of hydrogen-bond acceptors (Lipinski definition) is 3. The predicted octanol–water partition coefficient (Wildman–Crippen LogP) is 7.06. The Bertz CT molecular complexity index is 1480. The molecule has 0 bridgehead atoms. The molecule has 3 aromatic carbocycles. The Morgan fingerprint density at radius 3 is 2.45 bits per heavy atom. The maximum absolute atomic E-state index is 14.4. The van der Waals surface area contributed by atoms with Gasteiger partial charge in [-0.25, -0.2) is 18.4 Å². The Labute approximate surface area is 189 Å². The molecule has 1 saturated carbocycles. The summed E-state index contributed by atoms with van der Waals surface area (Å²) in [5, 5.41) is 7.29. The molecule has 1 fully saturated rings. The highest BCUT2D eigenvalue weighted by molar-refractivity contribution is 5.97. The molecule has 33 heavy (non-hydrogen) atoms. The van der Waals surface area contributed by atoms with Crippen molar-refractivity contribution in [3.8, 4) is 22.7 Å². The highest BCUT2D eigenvalue weighted by Crippen LogP contribution is 2.45. The van der Waals surface area contributed by atoms with Gasteiger partial charge in [-0.05, 0) is 53.9 Å². The van der Waals surface area contributed by atoms with E-state index in [0.717, 1.165) is 40.6 Å². The van der Waals surface area contributed by atoms with Gasteiger partial charge in [0.1, 0.15) is 5.75 Å². The summed E-state index contributed by atoms with van der Waals surface area (Å²) in [6, 6.07) is 22.8. The molecular weight excluding hydrogens is 420 g/mol. The van der Waals surface area contributed by atoms with Gasteiger partial charge in [0.25, 0.3) is 6.43 Å². The van der Waals surface area contributed by atoms with E-state index in [1.165, 1.54) is 0 Å². The summed E-state index contributed by atoms with van der Waals surface area (Å²) in [7, 11) is 1.61. The molecule has 0 atom stereocenters. The second-order valence-electron chi connectivity index (χ2n) is 8.39. The minimum atomic E-state index is -2.63. The third-order valence-electron chi connectivity index (χ3n) is 6.28. The van der Waals surface area contributed by atoms with Crippen molar-refractivity contribution in [3.05, 3.63) is 84.1 Å². The topological polar surface area (TPSA) is 39.9 Å². The second kappa shape index (κ2) is 7.66. The van der Waals surface area contributed by atoms with Crippen molar-refractivity contribution >= 4 is 21.8 Å². The lowest BCUT2D eigenvalue weighted by molar-refractivity contribution is 0.153. The molecule has 0 N–H and O–H groups in total. The summed E-state index contributed by atoms with van der Waals surface area (Å²) < 4.78 is 35.8. The monoisotopic (exact) mass is 441 g/mol. The van der Waals surface area contributed by atoms with E-state index in [4.69, 9.17) is 14.8 Å². The van der Waals surface area contributed by atoms with Crippen LogP contribution in [0.2, 0.25) is 0 Å². The third kappa shape index (κ3) is 3.33. The molecule has 0 amide bonds. The largest absolute Gasteiger partial charge is 0.497 e. The molecule has 0 saturated heterocycles. The summed E-state index contributed by atoms with van der Waals surface area (Å²) in [5.74, 6) is 0.921. The number of ether oxygens (including phenoxy) is 1. The number of benzene rings is 3. The Hall–Kier alpha value is -3.80. The third-order valence-corrected chi connectivity index (χ3v) is 6.28. The zero-order valence-electron chi connectivity index (χ0n) is 18.0. The molecule has 4 nitrogen and oxygen atoms in total. The van der Waals surface area contributed by atoms with Gasteiger partial charge in [-0.3, -0.25) is 0 Å². The van der Waals surface area contributed by atoms with Gasteiger partial charge < -0.3 is 4.74 Å². The standard InChI is InChI=1S/C27H21F2N3O/c1-33-19-13-11-18(12-14-19)32-27-24(25(31-32)17-9-10-17)22(26(28)29)15-23(30-27)21-8-4-6-16-5-2-3-7-20(16)21/h2-8,11-15,17,26H,9-10H2,1H3. The Kier molecular flexibility index (Phi) is 4.61. The first kappa shape index (κ1) is 19.9. The van der Waals surface area contributed by atoms with Crippen molar-refractivity contribution in [1.29, 1.82) is 0 Å². The van der Waals surface area contributed by atoms with Crippen LogP contribution in [0, 0.1) is 0 Å². The summed E-state index contributed by atoms with van der Waals surface area (Å²) in [6.45, 7) is 0. The molecule has 2 aromatic heterocycles. The van der Waals surface area contributed by atoms with Gasteiger partial charge in [-0.2, -0.15) is 5.10 Å². The second-order valence-corrected chi connectivity index (χ2v) is 8.39. The fourth-order valence-electron chi connectivity index (χ4n) is 4.48. The minimum Gasteiger partial charge on any atom is -0.497 e. The maximum atomic E-state index is 14.4. The highest BCUT2D eigenvalue weighted by atomic mass is 19.3. The van der Waals surface area contributed by atoms with Crippen molar-refractivity contribution in [2.24, 2.45) is 0 Å². The van der Waals surface area contributed by atoms with Gasteiger partial charge in [0.15, 0.2) is 5.65 Å². The first-order chi connectivity index (χ1) is 16.1. The van der Waals surface area contributed by atoms with Gasteiger partial charge in [0.2, 0.25) is 0 Å². The fourth-order valence-corrected chi connectivity index (χ4v) is 4.48. The number of rotatable bonds is 5. The molecule has 1 aliphatic carbocycles. The van der Waals surface area contributed by atoms with Crippen molar-refractivity contribution in [2.75, 3.05) is 7.11 Å². The van der Waals surface area contributed by atoms with Crippen LogP contribution in [0.4, 0.5) is 8.78 Å². The Balaban J connectivity index is 1.66. The van der Waals surface area contributed by atoms with E-state index in [-0.39, 0.29) is 11.5 Å². The Morgan fingerprint density at radius 2 is 1.73 bits per heavy atom.